The molecule has 0 saturated carbocycles. The van der Waals surface area contributed by atoms with Crippen molar-refractivity contribution >= 4 is 33.5 Å². The fourth-order valence-corrected chi connectivity index (χ4v) is 2.51. The molecule has 0 heterocycles. The van der Waals surface area contributed by atoms with Crippen LogP contribution >= 0.6 is 15.9 Å². The minimum atomic E-state index is -0.512. The number of halogens is 1. The van der Waals surface area contributed by atoms with Gasteiger partial charge in [0.15, 0.2) is 6.61 Å². The van der Waals surface area contributed by atoms with Gasteiger partial charge in [0.2, 0.25) is 0 Å². The monoisotopic (exact) mass is 377 g/mol. The molecule has 0 radical (unpaired) electrons. The summed E-state index contributed by atoms with van der Waals surface area (Å²) >= 11 is 3.39. The standard InChI is InChI=1S/C17H16BrNO4/c1-11-7-8-14(13(18)9-11)19-16(20)10-23-15-6-4-3-5-12(15)17(21)22-2/h3-9H,10H2,1-2H3,(H,19,20). The first-order valence-corrected chi connectivity index (χ1v) is 7.66. The van der Waals surface area contributed by atoms with Gasteiger partial charge in [0.1, 0.15) is 11.3 Å². The van der Waals surface area contributed by atoms with Gasteiger partial charge in [-0.25, -0.2) is 4.79 Å². The van der Waals surface area contributed by atoms with Crippen molar-refractivity contribution in [1.82, 2.24) is 0 Å². The number of benzene rings is 2. The molecule has 0 aliphatic carbocycles. The average molecular weight is 378 g/mol. The largest absolute Gasteiger partial charge is 0.483 e. The third-order valence-electron chi connectivity index (χ3n) is 3.05. The van der Waals surface area contributed by atoms with Gasteiger partial charge in [0.25, 0.3) is 5.91 Å². The SMILES string of the molecule is COC(=O)c1ccccc1OCC(=O)Nc1ccc(C)cc1Br. The van der Waals surface area contributed by atoms with Crippen LogP contribution in [0.15, 0.2) is 46.9 Å². The summed E-state index contributed by atoms with van der Waals surface area (Å²) < 4.78 is 10.9. The van der Waals surface area contributed by atoms with E-state index in [0.717, 1.165) is 10.0 Å². The molecule has 0 saturated heterocycles. The van der Waals surface area contributed by atoms with Crippen molar-refractivity contribution in [1.29, 1.82) is 0 Å². The molecular formula is C17H16BrNO4. The normalized spacial score (nSPS) is 10.0. The van der Waals surface area contributed by atoms with Crippen LogP contribution < -0.4 is 10.1 Å². The molecule has 120 valence electrons. The number of carbonyl (C=O) groups excluding carboxylic acids is 2. The molecule has 0 bridgehead atoms. The number of methoxy groups -OCH3 is 1. The Morgan fingerprint density at radius 1 is 1.17 bits per heavy atom. The van der Waals surface area contributed by atoms with Crippen molar-refractivity contribution in [2.45, 2.75) is 6.92 Å². The Morgan fingerprint density at radius 2 is 1.91 bits per heavy atom. The van der Waals surface area contributed by atoms with E-state index in [9.17, 15) is 9.59 Å². The molecule has 0 atom stereocenters. The molecule has 0 unspecified atom stereocenters. The van der Waals surface area contributed by atoms with Gasteiger partial charge in [-0.1, -0.05) is 18.2 Å². The molecule has 6 heteroatoms. The van der Waals surface area contributed by atoms with Crippen LogP contribution in [0.5, 0.6) is 5.75 Å². The molecule has 0 aliphatic heterocycles. The Labute approximate surface area is 142 Å². The highest BCUT2D eigenvalue weighted by Crippen LogP contribution is 2.23. The minimum absolute atomic E-state index is 0.214. The van der Waals surface area contributed by atoms with Crippen LogP contribution in [-0.4, -0.2) is 25.6 Å². The maximum absolute atomic E-state index is 12.0. The lowest BCUT2D eigenvalue weighted by Gasteiger charge is -2.11. The second-order valence-electron chi connectivity index (χ2n) is 4.81. The van der Waals surface area contributed by atoms with Crippen LogP contribution in [0.1, 0.15) is 15.9 Å². The molecule has 2 aromatic rings. The Hall–Kier alpha value is -2.34. The number of para-hydroxylation sites is 1. The molecule has 0 aliphatic rings. The number of carbonyl (C=O) groups is 2. The second-order valence-corrected chi connectivity index (χ2v) is 5.66. The number of anilines is 1. The maximum atomic E-state index is 12.0. The summed E-state index contributed by atoms with van der Waals surface area (Å²) in [7, 11) is 1.29. The van der Waals surface area contributed by atoms with Crippen LogP contribution in [0.3, 0.4) is 0 Å². The Balaban J connectivity index is 2.01. The zero-order chi connectivity index (χ0) is 16.8. The quantitative estimate of drug-likeness (QED) is 0.809. The Morgan fingerprint density at radius 3 is 2.61 bits per heavy atom. The fourth-order valence-electron chi connectivity index (χ4n) is 1.92. The molecule has 5 nitrogen and oxygen atoms in total. The van der Waals surface area contributed by atoms with Crippen LogP contribution in [0, 0.1) is 6.92 Å². The molecule has 0 fully saturated rings. The molecule has 23 heavy (non-hydrogen) atoms. The van der Waals surface area contributed by atoms with E-state index in [-0.39, 0.29) is 18.1 Å². The van der Waals surface area contributed by atoms with Crippen LogP contribution in [0.4, 0.5) is 5.69 Å². The third kappa shape index (κ3) is 4.56. The lowest BCUT2D eigenvalue weighted by atomic mass is 10.2. The smallest absolute Gasteiger partial charge is 0.341 e. The van der Waals surface area contributed by atoms with Gasteiger partial charge in [-0.05, 0) is 52.7 Å². The number of hydrogen-bond donors (Lipinski definition) is 1. The first-order chi connectivity index (χ1) is 11.0. The van der Waals surface area contributed by atoms with E-state index in [2.05, 4.69) is 26.0 Å². The van der Waals surface area contributed by atoms with Crippen molar-refractivity contribution in [3.63, 3.8) is 0 Å². The van der Waals surface area contributed by atoms with Gasteiger partial charge in [-0.3, -0.25) is 4.79 Å². The highest BCUT2D eigenvalue weighted by molar-refractivity contribution is 9.10. The number of nitrogens with one attached hydrogen (secondary N) is 1. The van der Waals surface area contributed by atoms with E-state index >= 15 is 0 Å². The second kappa shape index (κ2) is 7.78. The van der Waals surface area contributed by atoms with E-state index in [4.69, 9.17) is 4.74 Å². The Bertz CT molecular complexity index is 730. The lowest BCUT2D eigenvalue weighted by Crippen LogP contribution is -2.21. The number of ether oxygens (including phenoxy) is 2. The summed E-state index contributed by atoms with van der Waals surface area (Å²) in [5.74, 6) is -0.533. The predicted molar refractivity (Wildman–Crippen MR) is 90.8 cm³/mol. The van der Waals surface area contributed by atoms with Crippen molar-refractivity contribution in [2.75, 3.05) is 19.0 Å². The topological polar surface area (TPSA) is 64.6 Å². The van der Waals surface area contributed by atoms with Crippen LogP contribution in [0.25, 0.3) is 0 Å². The number of rotatable bonds is 5. The molecule has 0 spiro atoms. The zero-order valence-corrected chi connectivity index (χ0v) is 14.3. The molecule has 1 N–H and O–H groups in total. The predicted octanol–water partition coefficient (Wildman–Crippen LogP) is 3.56. The third-order valence-corrected chi connectivity index (χ3v) is 3.71. The summed E-state index contributed by atoms with van der Waals surface area (Å²) in [6, 6.07) is 12.2. The minimum Gasteiger partial charge on any atom is -0.483 e. The highest BCUT2D eigenvalue weighted by atomic mass is 79.9. The molecule has 2 rings (SSSR count). The van der Waals surface area contributed by atoms with Gasteiger partial charge >= 0.3 is 5.97 Å². The zero-order valence-electron chi connectivity index (χ0n) is 12.8. The Kier molecular flexibility index (Phi) is 5.76. The van der Waals surface area contributed by atoms with E-state index in [1.165, 1.54) is 7.11 Å². The molecular weight excluding hydrogens is 362 g/mol. The van der Waals surface area contributed by atoms with E-state index in [1.807, 2.05) is 19.1 Å². The number of amides is 1. The van der Waals surface area contributed by atoms with Crippen LogP contribution in [0.2, 0.25) is 0 Å². The van der Waals surface area contributed by atoms with E-state index in [1.54, 1.807) is 30.3 Å². The van der Waals surface area contributed by atoms with Crippen molar-refractivity contribution < 1.29 is 19.1 Å². The molecule has 2 aromatic carbocycles. The first-order valence-electron chi connectivity index (χ1n) is 6.87. The van der Waals surface area contributed by atoms with E-state index < -0.39 is 5.97 Å². The van der Waals surface area contributed by atoms with E-state index in [0.29, 0.717) is 11.4 Å². The van der Waals surface area contributed by atoms with Crippen molar-refractivity contribution in [3.05, 3.63) is 58.1 Å². The van der Waals surface area contributed by atoms with Gasteiger partial charge in [0.05, 0.1) is 12.8 Å². The summed E-state index contributed by atoms with van der Waals surface area (Å²) in [6.45, 7) is 1.75. The summed E-state index contributed by atoms with van der Waals surface area (Å²) in [5, 5.41) is 2.74. The molecule has 0 aromatic heterocycles. The van der Waals surface area contributed by atoms with Gasteiger partial charge in [-0.2, -0.15) is 0 Å². The summed E-state index contributed by atoms with van der Waals surface area (Å²) in [4.78, 5) is 23.6. The highest BCUT2D eigenvalue weighted by Gasteiger charge is 2.13. The fraction of sp³-hybridized carbons (Fsp3) is 0.176. The average Bonchev–Trinajstić information content (AvgIpc) is 2.55. The summed E-state index contributed by atoms with van der Waals surface area (Å²) in [5.41, 5.74) is 2.02. The van der Waals surface area contributed by atoms with Crippen molar-refractivity contribution in [2.24, 2.45) is 0 Å². The maximum Gasteiger partial charge on any atom is 0.341 e. The number of aryl methyl sites for hydroxylation is 1. The van der Waals surface area contributed by atoms with Gasteiger partial charge in [0, 0.05) is 4.47 Å². The van der Waals surface area contributed by atoms with Crippen LogP contribution in [-0.2, 0) is 9.53 Å². The lowest BCUT2D eigenvalue weighted by molar-refractivity contribution is -0.118. The molecule has 1 amide bonds. The van der Waals surface area contributed by atoms with Gasteiger partial charge in [-0.15, -0.1) is 0 Å². The number of hydrogen-bond acceptors (Lipinski definition) is 4. The first kappa shape index (κ1) is 17.0. The van der Waals surface area contributed by atoms with Gasteiger partial charge < -0.3 is 14.8 Å². The summed E-state index contributed by atoms with van der Waals surface area (Å²) in [6.07, 6.45) is 0. The van der Waals surface area contributed by atoms with Crippen molar-refractivity contribution in [3.8, 4) is 5.75 Å². The number of esters is 1.